The summed E-state index contributed by atoms with van der Waals surface area (Å²) in [5.74, 6) is 1.49. The molecule has 0 bridgehead atoms. The van der Waals surface area contributed by atoms with Crippen molar-refractivity contribution in [2.75, 3.05) is 18.8 Å². The summed E-state index contributed by atoms with van der Waals surface area (Å²) in [6.07, 6.45) is 2.23. The van der Waals surface area contributed by atoms with Crippen LogP contribution in [0, 0.1) is 0 Å². The van der Waals surface area contributed by atoms with Crippen molar-refractivity contribution in [3.63, 3.8) is 0 Å². The second-order valence-electron chi connectivity index (χ2n) is 5.36. The van der Waals surface area contributed by atoms with Crippen molar-refractivity contribution < 1.29 is 4.79 Å². The van der Waals surface area contributed by atoms with Crippen molar-refractivity contribution in [2.24, 2.45) is 0 Å². The number of nitrogens with one attached hydrogen (secondary N) is 1. The fraction of sp³-hybridized carbons (Fsp3) is 0.917. The van der Waals surface area contributed by atoms with Crippen LogP contribution in [-0.4, -0.2) is 46.5 Å². The highest BCUT2D eigenvalue weighted by Gasteiger charge is 2.41. The molecule has 2 saturated heterocycles. The lowest BCUT2D eigenvalue weighted by atomic mass is 10.0. The van der Waals surface area contributed by atoms with Gasteiger partial charge in [-0.15, -0.1) is 11.8 Å². The SMILES string of the molecule is CC1CN(C(=O)C2(C)CCCS2)CC(C)N1. The molecule has 1 N–H and O–H groups in total. The van der Waals surface area contributed by atoms with Gasteiger partial charge >= 0.3 is 0 Å². The van der Waals surface area contributed by atoms with Gasteiger partial charge in [-0.3, -0.25) is 4.79 Å². The zero-order chi connectivity index (χ0) is 11.8. The van der Waals surface area contributed by atoms with E-state index in [-0.39, 0.29) is 4.75 Å². The van der Waals surface area contributed by atoms with E-state index in [1.165, 1.54) is 6.42 Å². The molecule has 3 nitrogen and oxygen atoms in total. The molecule has 2 fully saturated rings. The van der Waals surface area contributed by atoms with Crippen molar-refractivity contribution in [1.29, 1.82) is 0 Å². The Morgan fingerprint density at radius 1 is 1.38 bits per heavy atom. The summed E-state index contributed by atoms with van der Waals surface area (Å²) in [7, 11) is 0. The maximum atomic E-state index is 12.5. The Kier molecular flexibility index (Phi) is 3.50. The number of hydrogen-bond acceptors (Lipinski definition) is 3. The topological polar surface area (TPSA) is 32.3 Å². The molecular weight excluding hydrogens is 220 g/mol. The first-order chi connectivity index (χ1) is 7.51. The molecule has 2 aliphatic heterocycles. The largest absolute Gasteiger partial charge is 0.338 e. The third-order valence-electron chi connectivity index (χ3n) is 3.52. The molecule has 0 aromatic heterocycles. The minimum Gasteiger partial charge on any atom is -0.338 e. The summed E-state index contributed by atoms with van der Waals surface area (Å²) in [4.78, 5) is 14.6. The molecule has 3 atom stereocenters. The van der Waals surface area contributed by atoms with Gasteiger partial charge in [-0.1, -0.05) is 0 Å². The summed E-state index contributed by atoms with van der Waals surface area (Å²) in [5, 5.41) is 3.47. The number of thioether (sulfide) groups is 1. The number of hydrogen-bond donors (Lipinski definition) is 1. The van der Waals surface area contributed by atoms with Crippen LogP contribution in [0.5, 0.6) is 0 Å². The molecule has 0 aromatic rings. The third kappa shape index (κ3) is 2.38. The Morgan fingerprint density at radius 3 is 2.50 bits per heavy atom. The van der Waals surface area contributed by atoms with E-state index in [1.54, 1.807) is 0 Å². The molecule has 92 valence electrons. The van der Waals surface area contributed by atoms with Crippen LogP contribution in [0.4, 0.5) is 0 Å². The van der Waals surface area contributed by atoms with Crippen molar-refractivity contribution >= 4 is 17.7 Å². The van der Waals surface area contributed by atoms with E-state index in [2.05, 4.69) is 31.0 Å². The van der Waals surface area contributed by atoms with Crippen molar-refractivity contribution in [1.82, 2.24) is 10.2 Å². The highest BCUT2D eigenvalue weighted by molar-refractivity contribution is 8.01. The monoisotopic (exact) mass is 242 g/mol. The Hall–Kier alpha value is -0.220. The van der Waals surface area contributed by atoms with Gasteiger partial charge in [-0.2, -0.15) is 0 Å². The van der Waals surface area contributed by atoms with Gasteiger partial charge < -0.3 is 10.2 Å². The van der Waals surface area contributed by atoms with E-state index in [9.17, 15) is 4.79 Å². The van der Waals surface area contributed by atoms with E-state index in [0.717, 1.165) is 25.3 Å². The van der Waals surface area contributed by atoms with Gasteiger partial charge in [0.2, 0.25) is 5.91 Å². The Morgan fingerprint density at radius 2 is 2.00 bits per heavy atom. The first-order valence-electron chi connectivity index (χ1n) is 6.21. The minimum atomic E-state index is -0.142. The molecule has 0 saturated carbocycles. The quantitative estimate of drug-likeness (QED) is 0.756. The first-order valence-corrected chi connectivity index (χ1v) is 7.19. The van der Waals surface area contributed by atoms with Gasteiger partial charge in [-0.25, -0.2) is 0 Å². The Balaban J connectivity index is 2.03. The van der Waals surface area contributed by atoms with Crippen LogP contribution in [0.3, 0.4) is 0 Å². The number of amides is 1. The lowest BCUT2D eigenvalue weighted by Gasteiger charge is -2.39. The molecule has 2 rings (SSSR count). The van der Waals surface area contributed by atoms with Gasteiger partial charge in [0, 0.05) is 25.2 Å². The third-order valence-corrected chi connectivity index (χ3v) is 5.02. The van der Waals surface area contributed by atoms with Gasteiger partial charge in [0.05, 0.1) is 4.75 Å². The minimum absolute atomic E-state index is 0.142. The van der Waals surface area contributed by atoms with Crippen LogP contribution in [0.15, 0.2) is 0 Å². The standard InChI is InChI=1S/C12H22N2OS/c1-9-7-14(8-10(2)13-9)11(15)12(3)5-4-6-16-12/h9-10,13H,4-8H2,1-3H3. The van der Waals surface area contributed by atoms with E-state index in [1.807, 2.05) is 11.8 Å². The van der Waals surface area contributed by atoms with Crippen LogP contribution in [0.1, 0.15) is 33.6 Å². The number of carbonyl (C=O) groups excluding carboxylic acids is 1. The maximum Gasteiger partial charge on any atom is 0.238 e. The second kappa shape index (κ2) is 4.57. The number of piperazine rings is 1. The first kappa shape index (κ1) is 12.2. The van der Waals surface area contributed by atoms with Crippen LogP contribution in [0.2, 0.25) is 0 Å². The fourth-order valence-corrected chi connectivity index (χ4v) is 4.06. The van der Waals surface area contributed by atoms with Gasteiger partial charge in [0.1, 0.15) is 0 Å². The predicted molar refractivity (Wildman–Crippen MR) is 68.7 cm³/mol. The van der Waals surface area contributed by atoms with Gasteiger partial charge in [0.25, 0.3) is 0 Å². The van der Waals surface area contributed by atoms with E-state index < -0.39 is 0 Å². The Labute approximate surface area is 102 Å². The summed E-state index contributed by atoms with van der Waals surface area (Å²) in [5.41, 5.74) is 0. The zero-order valence-corrected chi connectivity index (χ0v) is 11.3. The normalized spacial score (nSPS) is 40.1. The molecular formula is C12H22N2OS. The van der Waals surface area contributed by atoms with E-state index in [0.29, 0.717) is 18.0 Å². The number of carbonyl (C=O) groups is 1. The van der Waals surface area contributed by atoms with Crippen LogP contribution >= 0.6 is 11.8 Å². The molecule has 2 aliphatic rings. The molecule has 1 amide bonds. The molecule has 2 heterocycles. The second-order valence-corrected chi connectivity index (χ2v) is 6.96. The highest BCUT2D eigenvalue weighted by atomic mass is 32.2. The maximum absolute atomic E-state index is 12.5. The molecule has 16 heavy (non-hydrogen) atoms. The van der Waals surface area contributed by atoms with Crippen LogP contribution in [-0.2, 0) is 4.79 Å². The van der Waals surface area contributed by atoms with Crippen LogP contribution < -0.4 is 5.32 Å². The van der Waals surface area contributed by atoms with Gasteiger partial charge in [0.15, 0.2) is 0 Å². The molecule has 0 aromatic carbocycles. The molecule has 3 unspecified atom stereocenters. The molecule has 0 aliphatic carbocycles. The van der Waals surface area contributed by atoms with Crippen molar-refractivity contribution in [2.45, 2.75) is 50.4 Å². The number of rotatable bonds is 1. The van der Waals surface area contributed by atoms with E-state index >= 15 is 0 Å². The fourth-order valence-electron chi connectivity index (χ4n) is 2.77. The zero-order valence-electron chi connectivity index (χ0n) is 10.5. The van der Waals surface area contributed by atoms with Crippen molar-refractivity contribution in [3.05, 3.63) is 0 Å². The molecule has 0 spiro atoms. The Bertz CT molecular complexity index is 266. The van der Waals surface area contributed by atoms with Gasteiger partial charge in [-0.05, 0) is 39.4 Å². The number of nitrogens with zero attached hydrogens (tertiary/aromatic N) is 1. The summed E-state index contributed by atoms with van der Waals surface area (Å²) < 4.78 is -0.142. The lowest BCUT2D eigenvalue weighted by molar-refractivity contribution is -0.135. The summed E-state index contributed by atoms with van der Waals surface area (Å²) >= 11 is 1.84. The highest BCUT2D eigenvalue weighted by Crippen LogP contribution is 2.39. The summed E-state index contributed by atoms with van der Waals surface area (Å²) in [6.45, 7) is 8.14. The molecule has 4 heteroatoms. The molecule has 0 radical (unpaired) electrons. The lowest BCUT2D eigenvalue weighted by Crippen LogP contribution is -2.58. The van der Waals surface area contributed by atoms with E-state index in [4.69, 9.17) is 0 Å². The average molecular weight is 242 g/mol. The smallest absolute Gasteiger partial charge is 0.238 e. The van der Waals surface area contributed by atoms with Crippen LogP contribution in [0.25, 0.3) is 0 Å². The average Bonchev–Trinajstić information content (AvgIpc) is 2.64. The summed E-state index contributed by atoms with van der Waals surface area (Å²) in [6, 6.07) is 0.838. The van der Waals surface area contributed by atoms with Crippen molar-refractivity contribution in [3.8, 4) is 0 Å². The predicted octanol–water partition coefficient (Wildman–Crippen LogP) is 1.48.